The summed E-state index contributed by atoms with van der Waals surface area (Å²) in [6, 6.07) is 22.9. The van der Waals surface area contributed by atoms with E-state index in [9.17, 15) is 9.59 Å². The molecule has 3 aromatic rings. The average molecular weight is 359 g/mol. The number of amides is 1. The summed E-state index contributed by atoms with van der Waals surface area (Å²) in [5.41, 5.74) is 1.90. The maximum Gasteiger partial charge on any atom is 0.256 e. The molecule has 0 aliphatic heterocycles. The van der Waals surface area contributed by atoms with Gasteiger partial charge in [-0.25, -0.2) is 0 Å². The van der Waals surface area contributed by atoms with Crippen LogP contribution in [0.15, 0.2) is 78.9 Å². The third kappa shape index (κ3) is 4.61. The van der Waals surface area contributed by atoms with E-state index in [1.54, 1.807) is 72.8 Å². The summed E-state index contributed by atoms with van der Waals surface area (Å²) in [5.74, 6) is 0.233. The Morgan fingerprint density at radius 2 is 1.37 bits per heavy atom. The smallest absolute Gasteiger partial charge is 0.256 e. The van der Waals surface area contributed by atoms with Crippen LogP contribution < -0.4 is 10.1 Å². The molecule has 0 saturated heterocycles. The molecular weight excluding hydrogens is 338 g/mol. The highest BCUT2D eigenvalue weighted by atomic mass is 16.5. The minimum atomic E-state index is -0.326. The first kappa shape index (κ1) is 18.4. The number of carbonyl (C=O) groups excluding carboxylic acids is 2. The Morgan fingerprint density at radius 1 is 0.778 bits per heavy atom. The van der Waals surface area contributed by atoms with Crippen molar-refractivity contribution >= 4 is 17.4 Å². The van der Waals surface area contributed by atoms with Crippen LogP contribution in [-0.4, -0.2) is 17.8 Å². The lowest BCUT2D eigenvalue weighted by Gasteiger charge is -2.12. The number of carbonyl (C=O) groups is 2. The second-order valence-corrected chi connectivity index (χ2v) is 6.39. The lowest BCUT2D eigenvalue weighted by molar-refractivity contribution is 0.0996. The summed E-state index contributed by atoms with van der Waals surface area (Å²) in [4.78, 5) is 25.5. The van der Waals surface area contributed by atoms with Crippen LogP contribution in [0.5, 0.6) is 5.75 Å². The molecule has 27 heavy (non-hydrogen) atoms. The molecular formula is C23H21NO3. The third-order valence-electron chi connectivity index (χ3n) is 3.94. The summed E-state index contributed by atoms with van der Waals surface area (Å²) < 4.78 is 5.60. The molecule has 0 unspecified atom stereocenters. The van der Waals surface area contributed by atoms with Crippen LogP contribution in [0.4, 0.5) is 5.69 Å². The summed E-state index contributed by atoms with van der Waals surface area (Å²) >= 11 is 0. The van der Waals surface area contributed by atoms with Crippen molar-refractivity contribution in [3.05, 3.63) is 95.6 Å². The largest absolute Gasteiger partial charge is 0.491 e. The van der Waals surface area contributed by atoms with Crippen molar-refractivity contribution in [1.29, 1.82) is 0 Å². The Morgan fingerprint density at radius 3 is 2.00 bits per heavy atom. The van der Waals surface area contributed by atoms with Crippen LogP contribution in [0.2, 0.25) is 0 Å². The van der Waals surface area contributed by atoms with E-state index in [4.69, 9.17) is 4.74 Å². The Balaban J connectivity index is 1.80. The zero-order valence-electron chi connectivity index (χ0n) is 15.3. The Labute approximate surface area is 158 Å². The number of anilines is 1. The van der Waals surface area contributed by atoms with Gasteiger partial charge >= 0.3 is 0 Å². The van der Waals surface area contributed by atoms with E-state index in [1.807, 2.05) is 19.9 Å². The van der Waals surface area contributed by atoms with Crippen molar-refractivity contribution in [3.8, 4) is 5.75 Å². The van der Waals surface area contributed by atoms with E-state index in [0.29, 0.717) is 22.4 Å². The van der Waals surface area contributed by atoms with Gasteiger partial charge in [0.05, 0.1) is 11.7 Å². The first-order valence-electron chi connectivity index (χ1n) is 8.81. The van der Waals surface area contributed by atoms with E-state index < -0.39 is 0 Å². The first-order valence-corrected chi connectivity index (χ1v) is 8.81. The highest BCUT2D eigenvalue weighted by molar-refractivity contribution is 6.17. The maximum atomic E-state index is 12.8. The molecule has 0 atom stereocenters. The third-order valence-corrected chi connectivity index (χ3v) is 3.94. The molecule has 0 fully saturated rings. The normalized spacial score (nSPS) is 10.5. The van der Waals surface area contributed by atoms with Crippen molar-refractivity contribution in [2.75, 3.05) is 5.32 Å². The van der Waals surface area contributed by atoms with Crippen LogP contribution in [0.3, 0.4) is 0 Å². The highest BCUT2D eigenvalue weighted by Gasteiger charge is 2.18. The second-order valence-electron chi connectivity index (χ2n) is 6.39. The molecule has 0 saturated carbocycles. The van der Waals surface area contributed by atoms with Gasteiger partial charge in [0.25, 0.3) is 5.91 Å². The van der Waals surface area contributed by atoms with Gasteiger partial charge < -0.3 is 10.1 Å². The van der Waals surface area contributed by atoms with Gasteiger partial charge in [-0.05, 0) is 44.2 Å². The summed E-state index contributed by atoms with van der Waals surface area (Å²) in [6.45, 7) is 3.91. The van der Waals surface area contributed by atoms with Crippen molar-refractivity contribution in [2.24, 2.45) is 0 Å². The van der Waals surface area contributed by atoms with E-state index >= 15 is 0 Å². The van der Waals surface area contributed by atoms with Gasteiger partial charge in [0.15, 0.2) is 5.78 Å². The number of ether oxygens (including phenoxy) is 1. The van der Waals surface area contributed by atoms with Crippen LogP contribution in [-0.2, 0) is 0 Å². The van der Waals surface area contributed by atoms with Crippen LogP contribution in [0.1, 0.15) is 40.1 Å². The molecule has 136 valence electrons. The van der Waals surface area contributed by atoms with Gasteiger partial charge in [-0.1, -0.05) is 48.5 Å². The molecule has 0 bridgehead atoms. The minimum absolute atomic E-state index is 0.0846. The molecule has 3 rings (SSSR count). The van der Waals surface area contributed by atoms with Crippen molar-refractivity contribution in [2.45, 2.75) is 20.0 Å². The number of hydrogen-bond acceptors (Lipinski definition) is 3. The van der Waals surface area contributed by atoms with Crippen LogP contribution in [0.25, 0.3) is 0 Å². The van der Waals surface area contributed by atoms with Gasteiger partial charge in [-0.2, -0.15) is 0 Å². The minimum Gasteiger partial charge on any atom is -0.491 e. The summed E-state index contributed by atoms with van der Waals surface area (Å²) in [5, 5.41) is 2.84. The highest BCUT2D eigenvalue weighted by Crippen LogP contribution is 2.20. The number of nitrogens with one attached hydrogen (secondary N) is 1. The molecule has 0 aliphatic carbocycles. The van der Waals surface area contributed by atoms with Gasteiger partial charge in [0, 0.05) is 16.8 Å². The zero-order valence-corrected chi connectivity index (χ0v) is 15.3. The number of hydrogen-bond donors (Lipinski definition) is 1. The average Bonchev–Trinajstić information content (AvgIpc) is 2.69. The van der Waals surface area contributed by atoms with Gasteiger partial charge in [0.2, 0.25) is 0 Å². The Kier molecular flexibility index (Phi) is 5.67. The van der Waals surface area contributed by atoms with E-state index in [0.717, 1.165) is 5.75 Å². The summed E-state index contributed by atoms with van der Waals surface area (Å²) in [7, 11) is 0. The van der Waals surface area contributed by atoms with Crippen molar-refractivity contribution in [1.82, 2.24) is 0 Å². The first-order chi connectivity index (χ1) is 13.0. The van der Waals surface area contributed by atoms with Gasteiger partial charge in [-0.15, -0.1) is 0 Å². The number of rotatable bonds is 6. The molecule has 4 heteroatoms. The SMILES string of the molecule is CC(C)Oc1ccc(NC(=O)c2ccccc2C(=O)c2ccccc2)cc1. The van der Waals surface area contributed by atoms with Crippen molar-refractivity contribution in [3.63, 3.8) is 0 Å². The molecule has 0 aliphatic rings. The quantitative estimate of drug-likeness (QED) is 0.633. The van der Waals surface area contributed by atoms with Crippen LogP contribution in [0, 0.1) is 0 Å². The molecule has 1 N–H and O–H groups in total. The fourth-order valence-electron chi connectivity index (χ4n) is 2.71. The molecule has 0 spiro atoms. The fourth-order valence-corrected chi connectivity index (χ4v) is 2.71. The van der Waals surface area contributed by atoms with E-state index in [-0.39, 0.29) is 17.8 Å². The van der Waals surface area contributed by atoms with Gasteiger partial charge in [0.1, 0.15) is 5.75 Å². The molecule has 0 aromatic heterocycles. The maximum absolute atomic E-state index is 12.8. The monoisotopic (exact) mass is 359 g/mol. The molecule has 3 aromatic carbocycles. The Hall–Kier alpha value is -3.40. The second kappa shape index (κ2) is 8.32. The predicted molar refractivity (Wildman–Crippen MR) is 106 cm³/mol. The zero-order chi connectivity index (χ0) is 19.2. The molecule has 4 nitrogen and oxygen atoms in total. The summed E-state index contributed by atoms with van der Waals surface area (Å²) in [6.07, 6.45) is 0.0846. The number of benzene rings is 3. The lowest BCUT2D eigenvalue weighted by atomic mass is 9.98. The topological polar surface area (TPSA) is 55.4 Å². The van der Waals surface area contributed by atoms with Crippen LogP contribution >= 0.6 is 0 Å². The molecule has 1 amide bonds. The standard InChI is InChI=1S/C23H21NO3/c1-16(2)27-19-14-12-18(13-15-19)24-23(26)21-11-7-6-10-20(21)22(25)17-8-4-3-5-9-17/h3-16H,1-2H3,(H,24,26). The van der Waals surface area contributed by atoms with E-state index in [2.05, 4.69) is 5.32 Å². The van der Waals surface area contributed by atoms with E-state index in [1.165, 1.54) is 0 Å². The van der Waals surface area contributed by atoms with Crippen molar-refractivity contribution < 1.29 is 14.3 Å². The van der Waals surface area contributed by atoms with Gasteiger partial charge in [-0.3, -0.25) is 9.59 Å². The predicted octanol–water partition coefficient (Wildman–Crippen LogP) is 4.96. The Bertz CT molecular complexity index is 931. The number of ketones is 1. The molecule has 0 heterocycles. The lowest BCUT2D eigenvalue weighted by Crippen LogP contribution is -2.17. The fraction of sp³-hybridized carbons (Fsp3) is 0.130. The molecule has 0 radical (unpaired) electrons.